The van der Waals surface area contributed by atoms with E-state index in [0.717, 1.165) is 5.56 Å². The summed E-state index contributed by atoms with van der Waals surface area (Å²) in [6.07, 6.45) is 0.636. The molecule has 150 valence electrons. The number of rotatable bonds is 4. The van der Waals surface area contributed by atoms with Crippen LogP contribution in [0.2, 0.25) is 0 Å². The highest BCUT2D eigenvalue weighted by Crippen LogP contribution is 2.27. The van der Waals surface area contributed by atoms with Crippen molar-refractivity contribution in [1.29, 1.82) is 0 Å². The largest absolute Gasteiger partial charge is 0.479 e. The minimum Gasteiger partial charge on any atom is -0.479 e. The van der Waals surface area contributed by atoms with Crippen LogP contribution < -0.4 is 0 Å². The van der Waals surface area contributed by atoms with Crippen LogP contribution in [0.4, 0.5) is 0 Å². The third-order valence-electron chi connectivity index (χ3n) is 4.98. The number of nitrogens with zero attached hydrogens (tertiary/aromatic N) is 4. The number of pyridine rings is 1. The van der Waals surface area contributed by atoms with Gasteiger partial charge in [0.2, 0.25) is 0 Å². The molecule has 1 aliphatic heterocycles. The fourth-order valence-corrected chi connectivity index (χ4v) is 3.48. The lowest BCUT2D eigenvalue weighted by Gasteiger charge is -2.31. The molecule has 1 fully saturated rings. The highest BCUT2D eigenvalue weighted by Gasteiger charge is 2.31. The Morgan fingerprint density at radius 3 is 2.69 bits per heavy atom. The van der Waals surface area contributed by atoms with Crippen molar-refractivity contribution >= 4 is 22.9 Å². The Labute approximate surface area is 167 Å². The molecule has 1 aromatic carbocycles. The number of carbonyl (C=O) groups is 2. The number of carboxylic acids is 1. The summed E-state index contributed by atoms with van der Waals surface area (Å²) in [5, 5.41) is 14.3. The smallest absolute Gasteiger partial charge is 0.334 e. The van der Waals surface area contributed by atoms with E-state index in [1.54, 1.807) is 16.9 Å². The maximum atomic E-state index is 13.4. The molecule has 3 heterocycles. The summed E-state index contributed by atoms with van der Waals surface area (Å²) >= 11 is 0. The number of ether oxygens (including phenoxy) is 1. The van der Waals surface area contributed by atoms with Gasteiger partial charge in [0.05, 0.1) is 36.0 Å². The molecule has 1 amide bonds. The van der Waals surface area contributed by atoms with Crippen molar-refractivity contribution in [2.45, 2.75) is 26.0 Å². The lowest BCUT2D eigenvalue weighted by Crippen LogP contribution is -2.48. The number of amides is 1. The third kappa shape index (κ3) is 3.58. The standard InChI is InChI=1S/C21H22N4O4/c1-13(2)25-19-16(11-22-25)15(10-17(23-19)14-6-4-3-5-7-14)20(26)24-8-9-29-18(12-24)21(27)28/h3-7,10-11,13,18H,8-9,12H2,1-2H3,(H,27,28). The van der Waals surface area contributed by atoms with Gasteiger partial charge in [0.15, 0.2) is 11.8 Å². The first-order valence-electron chi connectivity index (χ1n) is 9.53. The zero-order valence-electron chi connectivity index (χ0n) is 16.3. The van der Waals surface area contributed by atoms with Gasteiger partial charge in [-0.2, -0.15) is 5.10 Å². The SMILES string of the molecule is CC(C)n1ncc2c(C(=O)N3CCOC(C(=O)O)C3)cc(-c3ccccc3)nc21. The van der Waals surface area contributed by atoms with Crippen LogP contribution >= 0.6 is 0 Å². The molecule has 2 aromatic heterocycles. The molecule has 4 rings (SSSR count). The van der Waals surface area contributed by atoms with Gasteiger partial charge in [-0.15, -0.1) is 0 Å². The monoisotopic (exact) mass is 394 g/mol. The molecule has 8 nitrogen and oxygen atoms in total. The molecule has 0 saturated carbocycles. The second-order valence-electron chi connectivity index (χ2n) is 7.29. The Bertz CT molecular complexity index is 1060. The van der Waals surface area contributed by atoms with E-state index in [2.05, 4.69) is 5.10 Å². The van der Waals surface area contributed by atoms with E-state index in [0.29, 0.717) is 28.8 Å². The van der Waals surface area contributed by atoms with E-state index in [9.17, 15) is 14.7 Å². The Morgan fingerprint density at radius 2 is 2.00 bits per heavy atom. The quantitative estimate of drug-likeness (QED) is 0.731. The topological polar surface area (TPSA) is 97.6 Å². The Morgan fingerprint density at radius 1 is 1.24 bits per heavy atom. The van der Waals surface area contributed by atoms with Crippen LogP contribution in [0.3, 0.4) is 0 Å². The minimum absolute atomic E-state index is 0.0109. The number of carbonyl (C=O) groups excluding carboxylic acids is 1. The van der Waals surface area contributed by atoms with Crippen LogP contribution in [0.5, 0.6) is 0 Å². The first-order valence-corrected chi connectivity index (χ1v) is 9.53. The maximum Gasteiger partial charge on any atom is 0.334 e. The first-order chi connectivity index (χ1) is 14.0. The van der Waals surface area contributed by atoms with Gasteiger partial charge in [-0.25, -0.2) is 14.5 Å². The molecule has 1 atom stereocenters. The van der Waals surface area contributed by atoms with Crippen molar-refractivity contribution in [1.82, 2.24) is 19.7 Å². The summed E-state index contributed by atoms with van der Waals surface area (Å²) in [6, 6.07) is 11.5. The van der Waals surface area contributed by atoms with Crippen LogP contribution in [0.1, 0.15) is 30.2 Å². The molecule has 0 bridgehead atoms. The van der Waals surface area contributed by atoms with Gasteiger partial charge in [-0.05, 0) is 19.9 Å². The van der Waals surface area contributed by atoms with Crippen molar-refractivity contribution in [3.63, 3.8) is 0 Å². The molecule has 1 N–H and O–H groups in total. The maximum absolute atomic E-state index is 13.4. The second-order valence-corrected chi connectivity index (χ2v) is 7.29. The number of morpholine rings is 1. The summed E-state index contributed by atoms with van der Waals surface area (Å²) < 4.78 is 7.04. The highest BCUT2D eigenvalue weighted by atomic mass is 16.5. The fourth-order valence-electron chi connectivity index (χ4n) is 3.48. The van der Waals surface area contributed by atoms with Crippen molar-refractivity contribution in [2.75, 3.05) is 19.7 Å². The summed E-state index contributed by atoms with van der Waals surface area (Å²) in [7, 11) is 0. The summed E-state index contributed by atoms with van der Waals surface area (Å²) in [5.41, 5.74) is 2.66. The molecule has 0 spiro atoms. The number of fused-ring (bicyclic) bond motifs is 1. The lowest BCUT2D eigenvalue weighted by atomic mass is 10.1. The zero-order chi connectivity index (χ0) is 20.5. The van der Waals surface area contributed by atoms with Gasteiger partial charge in [0.25, 0.3) is 5.91 Å². The first kappa shape index (κ1) is 19.1. The highest BCUT2D eigenvalue weighted by molar-refractivity contribution is 6.06. The molecule has 1 saturated heterocycles. The van der Waals surface area contributed by atoms with Crippen LogP contribution in [0.25, 0.3) is 22.3 Å². The van der Waals surface area contributed by atoms with Gasteiger partial charge in [0, 0.05) is 18.2 Å². The predicted molar refractivity (Wildman–Crippen MR) is 107 cm³/mol. The number of carboxylic acid groups (broad SMARTS) is 1. The average Bonchev–Trinajstić information content (AvgIpc) is 3.17. The van der Waals surface area contributed by atoms with Crippen molar-refractivity contribution in [3.8, 4) is 11.3 Å². The Balaban J connectivity index is 1.82. The van der Waals surface area contributed by atoms with Gasteiger partial charge in [-0.3, -0.25) is 4.79 Å². The molecule has 1 aliphatic rings. The molecule has 8 heteroatoms. The molecular formula is C21H22N4O4. The molecule has 0 aliphatic carbocycles. The van der Waals surface area contributed by atoms with E-state index in [-0.39, 0.29) is 25.1 Å². The normalized spacial score (nSPS) is 17.1. The second kappa shape index (κ2) is 7.63. The van der Waals surface area contributed by atoms with Crippen LogP contribution in [-0.2, 0) is 9.53 Å². The number of hydrogen-bond donors (Lipinski definition) is 1. The van der Waals surface area contributed by atoms with Gasteiger partial charge < -0.3 is 14.7 Å². The predicted octanol–water partition coefficient (Wildman–Crippen LogP) is 2.60. The van der Waals surface area contributed by atoms with Gasteiger partial charge >= 0.3 is 5.97 Å². The number of aliphatic carboxylic acids is 1. The van der Waals surface area contributed by atoms with E-state index >= 15 is 0 Å². The Kier molecular flexibility index (Phi) is 5.02. The molecule has 3 aromatic rings. The number of hydrogen-bond acceptors (Lipinski definition) is 5. The van der Waals surface area contributed by atoms with E-state index in [1.807, 2.05) is 44.2 Å². The van der Waals surface area contributed by atoms with Crippen molar-refractivity contribution in [3.05, 3.63) is 48.2 Å². The molecule has 29 heavy (non-hydrogen) atoms. The summed E-state index contributed by atoms with van der Waals surface area (Å²) in [4.78, 5) is 31.0. The van der Waals surface area contributed by atoms with Crippen molar-refractivity contribution < 1.29 is 19.4 Å². The molecular weight excluding hydrogens is 372 g/mol. The van der Waals surface area contributed by atoms with Gasteiger partial charge in [-0.1, -0.05) is 30.3 Å². The number of benzene rings is 1. The van der Waals surface area contributed by atoms with Crippen LogP contribution in [-0.4, -0.2) is 62.4 Å². The fraction of sp³-hybridized carbons (Fsp3) is 0.333. The van der Waals surface area contributed by atoms with E-state index in [4.69, 9.17) is 9.72 Å². The zero-order valence-corrected chi connectivity index (χ0v) is 16.3. The number of aromatic nitrogens is 3. The van der Waals surface area contributed by atoms with Crippen LogP contribution in [0.15, 0.2) is 42.6 Å². The third-order valence-corrected chi connectivity index (χ3v) is 4.98. The molecule has 0 radical (unpaired) electrons. The summed E-state index contributed by atoms with van der Waals surface area (Å²) in [5.74, 6) is -1.31. The van der Waals surface area contributed by atoms with Gasteiger partial charge in [0.1, 0.15) is 0 Å². The van der Waals surface area contributed by atoms with Crippen molar-refractivity contribution in [2.24, 2.45) is 0 Å². The van der Waals surface area contributed by atoms with E-state index < -0.39 is 12.1 Å². The average molecular weight is 394 g/mol. The minimum atomic E-state index is -1.07. The Hall–Kier alpha value is -3.26. The van der Waals surface area contributed by atoms with Crippen LogP contribution in [0, 0.1) is 0 Å². The molecule has 1 unspecified atom stereocenters. The van der Waals surface area contributed by atoms with E-state index in [1.165, 1.54) is 4.90 Å². The summed E-state index contributed by atoms with van der Waals surface area (Å²) in [6.45, 7) is 4.55. The lowest BCUT2D eigenvalue weighted by molar-refractivity contribution is -0.154.